The Morgan fingerprint density at radius 3 is 2.52 bits per heavy atom. The molecule has 7 heteroatoms. The molecule has 0 spiro atoms. The van der Waals surface area contributed by atoms with E-state index in [4.69, 9.17) is 0 Å². The lowest BCUT2D eigenvalue weighted by Crippen LogP contribution is -2.57. The van der Waals surface area contributed by atoms with E-state index in [0.29, 0.717) is 25.7 Å². The predicted octanol–water partition coefficient (Wildman–Crippen LogP) is 3.57. The van der Waals surface area contributed by atoms with Gasteiger partial charge in [-0.25, -0.2) is 0 Å². The molecule has 6 nitrogen and oxygen atoms in total. The number of carbonyl (C=O) groups excluding carboxylic acids is 2. The molecule has 2 N–H and O–H groups in total. The molecule has 1 heterocycles. The van der Waals surface area contributed by atoms with Gasteiger partial charge in [-0.15, -0.1) is 0 Å². The first-order chi connectivity index (χ1) is 13.0. The number of halogens is 1. The summed E-state index contributed by atoms with van der Waals surface area (Å²) in [5.74, 6) is -0.217. The maximum absolute atomic E-state index is 13.0. The van der Waals surface area contributed by atoms with E-state index in [0.717, 1.165) is 35.0 Å². The summed E-state index contributed by atoms with van der Waals surface area (Å²) in [7, 11) is 1.85. The van der Waals surface area contributed by atoms with Crippen LogP contribution in [0.4, 0.5) is 5.69 Å². The summed E-state index contributed by atoms with van der Waals surface area (Å²) in [5.41, 5.74) is 0.930. The molecule has 1 aliphatic carbocycles. The molecule has 1 aromatic carbocycles. The zero-order chi connectivity index (χ0) is 19.3. The van der Waals surface area contributed by atoms with Crippen molar-refractivity contribution in [1.29, 1.82) is 0 Å². The van der Waals surface area contributed by atoms with Crippen LogP contribution in [0, 0.1) is 0 Å². The van der Waals surface area contributed by atoms with Crippen molar-refractivity contribution in [1.82, 2.24) is 15.1 Å². The van der Waals surface area contributed by atoms with E-state index in [1.54, 1.807) is 10.9 Å². The normalized spacial score (nSPS) is 15.9. The smallest absolute Gasteiger partial charge is 0.250 e. The van der Waals surface area contributed by atoms with E-state index in [2.05, 4.69) is 31.7 Å². The van der Waals surface area contributed by atoms with Gasteiger partial charge in [0.15, 0.2) is 0 Å². The van der Waals surface area contributed by atoms with Crippen molar-refractivity contribution in [3.63, 3.8) is 0 Å². The molecule has 3 rings (SSSR count). The van der Waals surface area contributed by atoms with Crippen LogP contribution < -0.4 is 10.6 Å². The lowest BCUT2D eigenvalue weighted by molar-refractivity contribution is -0.131. The van der Waals surface area contributed by atoms with Gasteiger partial charge in [0.2, 0.25) is 11.8 Å². The first-order valence-electron chi connectivity index (χ1n) is 9.32. The van der Waals surface area contributed by atoms with Crippen molar-refractivity contribution in [2.75, 3.05) is 5.32 Å². The highest BCUT2D eigenvalue weighted by molar-refractivity contribution is 9.10. The maximum atomic E-state index is 13.0. The Morgan fingerprint density at radius 1 is 1.19 bits per heavy atom. The Morgan fingerprint density at radius 2 is 1.89 bits per heavy atom. The number of benzene rings is 1. The number of nitrogens with one attached hydrogen (secondary N) is 2. The van der Waals surface area contributed by atoms with Crippen LogP contribution in [0.25, 0.3) is 0 Å². The van der Waals surface area contributed by atoms with Crippen LogP contribution in [0.15, 0.2) is 41.1 Å². The molecular weight excluding hydrogens is 408 g/mol. The second kappa shape index (κ2) is 8.69. The summed E-state index contributed by atoms with van der Waals surface area (Å²) in [5, 5.41) is 10.2. The fourth-order valence-electron chi connectivity index (χ4n) is 3.54. The fourth-order valence-corrected chi connectivity index (χ4v) is 3.80. The number of hydrogen-bond acceptors (Lipinski definition) is 3. The summed E-state index contributed by atoms with van der Waals surface area (Å²) in [6.07, 6.45) is 8.96. The van der Waals surface area contributed by atoms with E-state index in [1.165, 1.54) is 0 Å². The molecular formula is C20H25BrN4O2. The molecule has 0 atom stereocenters. The van der Waals surface area contributed by atoms with Gasteiger partial charge in [0.05, 0.1) is 6.20 Å². The second-order valence-electron chi connectivity index (χ2n) is 7.17. The number of anilines is 1. The maximum Gasteiger partial charge on any atom is 0.250 e. The van der Waals surface area contributed by atoms with Crippen molar-refractivity contribution in [2.45, 2.75) is 50.5 Å². The van der Waals surface area contributed by atoms with Crippen LogP contribution in [0.2, 0.25) is 0 Å². The van der Waals surface area contributed by atoms with Crippen molar-refractivity contribution in [3.05, 3.63) is 46.7 Å². The summed E-state index contributed by atoms with van der Waals surface area (Å²) in [4.78, 5) is 25.6. The van der Waals surface area contributed by atoms with Gasteiger partial charge in [-0.05, 0) is 49.1 Å². The highest BCUT2D eigenvalue weighted by Gasteiger charge is 2.40. The molecule has 1 aromatic heterocycles. The number of amides is 2. The fraction of sp³-hybridized carbons (Fsp3) is 0.450. The van der Waals surface area contributed by atoms with Gasteiger partial charge in [-0.2, -0.15) is 5.10 Å². The van der Waals surface area contributed by atoms with Crippen LogP contribution in [-0.2, 0) is 23.1 Å². The number of carbonyl (C=O) groups is 2. The van der Waals surface area contributed by atoms with Crippen LogP contribution in [0.5, 0.6) is 0 Å². The first-order valence-corrected chi connectivity index (χ1v) is 10.1. The SMILES string of the molecule is Cn1cc(CCC(=O)NC2(C(=O)Nc3ccc(Br)cc3)CCCCC2)cn1. The Kier molecular flexibility index (Phi) is 6.31. The molecule has 1 aliphatic rings. The zero-order valence-electron chi connectivity index (χ0n) is 15.5. The molecule has 0 radical (unpaired) electrons. The predicted molar refractivity (Wildman–Crippen MR) is 108 cm³/mol. The summed E-state index contributed by atoms with van der Waals surface area (Å²) in [6, 6.07) is 7.47. The van der Waals surface area contributed by atoms with E-state index in [-0.39, 0.29) is 11.8 Å². The first kappa shape index (κ1) is 19.6. The zero-order valence-corrected chi connectivity index (χ0v) is 17.1. The van der Waals surface area contributed by atoms with E-state index in [1.807, 2.05) is 37.5 Å². The highest BCUT2D eigenvalue weighted by atomic mass is 79.9. The molecule has 144 valence electrons. The van der Waals surface area contributed by atoms with Crippen LogP contribution in [0.3, 0.4) is 0 Å². The third kappa shape index (κ3) is 5.19. The van der Waals surface area contributed by atoms with Crippen LogP contribution in [-0.4, -0.2) is 27.1 Å². The topological polar surface area (TPSA) is 76.0 Å². The van der Waals surface area contributed by atoms with E-state index in [9.17, 15) is 9.59 Å². The van der Waals surface area contributed by atoms with Gasteiger partial charge >= 0.3 is 0 Å². The molecule has 0 saturated heterocycles. The van der Waals surface area contributed by atoms with Crippen molar-refractivity contribution in [2.24, 2.45) is 7.05 Å². The van der Waals surface area contributed by atoms with Gasteiger partial charge in [0, 0.05) is 29.8 Å². The quantitative estimate of drug-likeness (QED) is 0.732. The minimum atomic E-state index is -0.822. The molecule has 1 saturated carbocycles. The standard InChI is InChI=1S/C20H25BrN4O2/c1-25-14-15(13-22-25)5-10-18(26)24-20(11-3-2-4-12-20)19(27)23-17-8-6-16(21)7-9-17/h6-9,13-14H,2-5,10-12H2,1H3,(H,23,27)(H,24,26). The largest absolute Gasteiger partial charge is 0.342 e. The average Bonchev–Trinajstić information content (AvgIpc) is 3.08. The third-order valence-corrected chi connectivity index (χ3v) is 5.55. The number of nitrogens with zero attached hydrogens (tertiary/aromatic N) is 2. The Hall–Kier alpha value is -2.15. The molecule has 27 heavy (non-hydrogen) atoms. The van der Waals surface area contributed by atoms with Crippen molar-refractivity contribution < 1.29 is 9.59 Å². The van der Waals surface area contributed by atoms with Gasteiger partial charge in [-0.1, -0.05) is 35.2 Å². The Balaban J connectivity index is 1.65. The number of rotatable bonds is 6. The van der Waals surface area contributed by atoms with Gasteiger partial charge in [-0.3, -0.25) is 14.3 Å². The lowest BCUT2D eigenvalue weighted by atomic mass is 9.80. The molecule has 0 unspecified atom stereocenters. The molecule has 2 amide bonds. The van der Waals surface area contributed by atoms with Crippen molar-refractivity contribution in [3.8, 4) is 0 Å². The lowest BCUT2D eigenvalue weighted by Gasteiger charge is -2.36. The van der Waals surface area contributed by atoms with Gasteiger partial charge in [0.25, 0.3) is 0 Å². The number of hydrogen-bond donors (Lipinski definition) is 2. The Labute approximate surface area is 167 Å². The van der Waals surface area contributed by atoms with E-state index < -0.39 is 5.54 Å². The van der Waals surface area contributed by atoms with Crippen LogP contribution in [0.1, 0.15) is 44.1 Å². The average molecular weight is 433 g/mol. The highest BCUT2D eigenvalue weighted by Crippen LogP contribution is 2.30. The summed E-state index contributed by atoms with van der Waals surface area (Å²) in [6.45, 7) is 0. The Bertz CT molecular complexity index is 795. The third-order valence-electron chi connectivity index (χ3n) is 5.02. The number of aromatic nitrogens is 2. The molecule has 1 fully saturated rings. The summed E-state index contributed by atoms with van der Waals surface area (Å²) < 4.78 is 2.68. The monoisotopic (exact) mass is 432 g/mol. The minimum Gasteiger partial charge on any atom is -0.342 e. The number of aryl methyl sites for hydroxylation is 2. The molecule has 0 bridgehead atoms. The van der Waals surface area contributed by atoms with Crippen molar-refractivity contribution >= 4 is 33.4 Å². The van der Waals surface area contributed by atoms with Gasteiger partial charge in [0.1, 0.15) is 5.54 Å². The van der Waals surface area contributed by atoms with E-state index >= 15 is 0 Å². The van der Waals surface area contributed by atoms with Gasteiger partial charge < -0.3 is 10.6 Å². The second-order valence-corrected chi connectivity index (χ2v) is 8.09. The van der Waals surface area contributed by atoms with Crippen LogP contribution >= 0.6 is 15.9 Å². The minimum absolute atomic E-state index is 0.0910. The summed E-state index contributed by atoms with van der Waals surface area (Å²) >= 11 is 3.39. The molecule has 2 aromatic rings. The molecule has 0 aliphatic heterocycles.